The van der Waals surface area contributed by atoms with Gasteiger partial charge >= 0.3 is 0 Å². The van der Waals surface area contributed by atoms with Gasteiger partial charge in [-0.2, -0.15) is 10.5 Å². The lowest BCUT2D eigenvalue weighted by Gasteiger charge is -2.26. The summed E-state index contributed by atoms with van der Waals surface area (Å²) >= 11 is 0. The molecule has 3 aromatic rings. The zero-order valence-electron chi connectivity index (χ0n) is 19.3. The van der Waals surface area contributed by atoms with Gasteiger partial charge < -0.3 is 16.0 Å². The molecule has 4 heterocycles. The van der Waals surface area contributed by atoms with Crippen molar-refractivity contribution in [2.45, 2.75) is 38.8 Å². The van der Waals surface area contributed by atoms with Gasteiger partial charge in [0.25, 0.3) is 0 Å². The van der Waals surface area contributed by atoms with Crippen LogP contribution in [0.4, 0.5) is 5.82 Å². The molecule has 3 aromatic heterocycles. The molecule has 1 atom stereocenters. The molecule has 1 saturated heterocycles. The van der Waals surface area contributed by atoms with Crippen molar-refractivity contribution in [3.8, 4) is 12.3 Å². The average Bonchev–Trinajstić information content (AvgIpc) is 3.29. The number of nitrogens with two attached hydrogens (primary N) is 1. The highest BCUT2D eigenvalue weighted by Gasteiger charge is 2.20. The number of aromatic nitrogens is 3. The number of imidazole rings is 1. The Hall–Kier alpha value is -4.37. The number of anilines is 1. The standard InChI is InChI=1S/C25H27N9/c1-17(31-20-6-9-33(16-28)10-7-20)22(14-27)19-11-24-30-15-21(13-26)34(24)25(12-19)32-18(2)23-5-3-4-8-29-23/h3-5,8,11-12,14-15,18,20,32H,6-7,9-10,27H2,1-2H3/b22-14+,31-17?. The molecule has 0 spiro atoms. The summed E-state index contributed by atoms with van der Waals surface area (Å²) in [7, 11) is 0. The van der Waals surface area contributed by atoms with Gasteiger partial charge in [0.2, 0.25) is 0 Å². The number of fused-ring (bicyclic) bond motifs is 1. The summed E-state index contributed by atoms with van der Waals surface area (Å²) in [5.41, 5.74) is 10.5. The van der Waals surface area contributed by atoms with Crippen LogP contribution < -0.4 is 11.1 Å². The number of rotatable bonds is 6. The highest BCUT2D eigenvalue weighted by Crippen LogP contribution is 2.27. The molecular formula is C25H27N9. The molecule has 0 radical (unpaired) electrons. The number of nitrogens with one attached hydrogen (secondary N) is 1. The minimum absolute atomic E-state index is 0.0982. The summed E-state index contributed by atoms with van der Waals surface area (Å²) in [6.45, 7) is 5.41. The highest BCUT2D eigenvalue weighted by molar-refractivity contribution is 6.23. The van der Waals surface area contributed by atoms with E-state index >= 15 is 0 Å². The third kappa shape index (κ3) is 4.69. The van der Waals surface area contributed by atoms with Gasteiger partial charge in [-0.15, -0.1) is 0 Å². The van der Waals surface area contributed by atoms with Crippen molar-refractivity contribution in [2.75, 3.05) is 18.4 Å². The minimum Gasteiger partial charge on any atom is -0.404 e. The second-order valence-electron chi connectivity index (χ2n) is 8.31. The molecule has 1 aliphatic rings. The van der Waals surface area contributed by atoms with Crippen LogP contribution in [0.2, 0.25) is 0 Å². The maximum atomic E-state index is 9.61. The number of allylic oxidation sites excluding steroid dienone is 1. The van der Waals surface area contributed by atoms with Crippen molar-refractivity contribution in [1.29, 1.82) is 10.5 Å². The Kier molecular flexibility index (Phi) is 6.74. The fourth-order valence-electron chi connectivity index (χ4n) is 4.25. The molecule has 0 amide bonds. The number of nitrogens with zero attached hydrogens (tertiary/aromatic N) is 7. The smallest absolute Gasteiger partial charge is 0.179 e. The number of piperidine rings is 1. The van der Waals surface area contributed by atoms with Gasteiger partial charge in [-0.1, -0.05) is 6.07 Å². The van der Waals surface area contributed by atoms with Gasteiger partial charge in [-0.25, -0.2) is 4.98 Å². The van der Waals surface area contributed by atoms with Gasteiger partial charge in [-0.3, -0.25) is 14.4 Å². The summed E-state index contributed by atoms with van der Waals surface area (Å²) in [5, 5.41) is 22.2. The topological polar surface area (TPSA) is 131 Å². The third-order valence-corrected chi connectivity index (χ3v) is 6.07. The largest absolute Gasteiger partial charge is 0.404 e. The molecule has 3 N–H and O–H groups in total. The number of pyridine rings is 2. The number of hydrogen-bond acceptors (Lipinski definition) is 8. The van der Waals surface area contributed by atoms with Crippen LogP contribution in [0.5, 0.6) is 0 Å². The van der Waals surface area contributed by atoms with Crippen LogP contribution in [0.25, 0.3) is 11.2 Å². The third-order valence-electron chi connectivity index (χ3n) is 6.07. The van der Waals surface area contributed by atoms with Crippen molar-refractivity contribution in [3.63, 3.8) is 0 Å². The van der Waals surface area contributed by atoms with Gasteiger partial charge in [0.05, 0.1) is 24.0 Å². The van der Waals surface area contributed by atoms with Crippen LogP contribution in [-0.2, 0) is 0 Å². The summed E-state index contributed by atoms with van der Waals surface area (Å²) in [6.07, 6.45) is 8.76. The normalized spacial score (nSPS) is 16.2. The van der Waals surface area contributed by atoms with E-state index < -0.39 is 0 Å². The molecule has 4 rings (SSSR count). The monoisotopic (exact) mass is 453 g/mol. The van der Waals surface area contributed by atoms with E-state index in [1.807, 2.05) is 44.2 Å². The lowest BCUT2D eigenvalue weighted by Crippen LogP contribution is -2.32. The molecule has 9 heteroatoms. The zero-order valence-corrected chi connectivity index (χ0v) is 19.3. The predicted molar refractivity (Wildman–Crippen MR) is 132 cm³/mol. The number of hydrogen-bond donors (Lipinski definition) is 2. The quantitative estimate of drug-likeness (QED) is 0.431. The molecule has 0 bridgehead atoms. The lowest BCUT2D eigenvalue weighted by molar-refractivity contribution is 0.297. The predicted octanol–water partition coefficient (Wildman–Crippen LogP) is 3.48. The van der Waals surface area contributed by atoms with Crippen LogP contribution in [0, 0.1) is 22.8 Å². The molecule has 1 fully saturated rings. The van der Waals surface area contributed by atoms with Crippen molar-refractivity contribution >= 4 is 22.7 Å². The molecule has 172 valence electrons. The molecule has 0 aromatic carbocycles. The Bertz CT molecular complexity index is 1300. The summed E-state index contributed by atoms with van der Waals surface area (Å²) < 4.78 is 1.79. The first-order valence-electron chi connectivity index (χ1n) is 11.2. The van der Waals surface area contributed by atoms with Gasteiger partial charge in [0, 0.05) is 36.8 Å². The van der Waals surface area contributed by atoms with Gasteiger partial charge in [0.15, 0.2) is 6.19 Å². The highest BCUT2D eigenvalue weighted by atomic mass is 15.1. The Labute approximate surface area is 198 Å². The van der Waals surface area contributed by atoms with E-state index in [0.29, 0.717) is 17.2 Å². The van der Waals surface area contributed by atoms with E-state index in [1.54, 1.807) is 27.9 Å². The Morgan fingerprint density at radius 3 is 2.71 bits per heavy atom. The Morgan fingerprint density at radius 1 is 1.26 bits per heavy atom. The van der Waals surface area contributed by atoms with Gasteiger partial charge in [-0.05, 0) is 56.5 Å². The van der Waals surface area contributed by atoms with Crippen LogP contribution in [-0.4, -0.2) is 44.1 Å². The summed E-state index contributed by atoms with van der Waals surface area (Å²) in [6, 6.07) is 11.9. The fraction of sp³-hybridized carbons (Fsp3) is 0.320. The van der Waals surface area contributed by atoms with Crippen LogP contribution in [0.1, 0.15) is 49.7 Å². The Balaban J connectivity index is 1.69. The molecule has 9 nitrogen and oxygen atoms in total. The van der Waals surface area contributed by atoms with Crippen molar-refractivity contribution < 1.29 is 0 Å². The van der Waals surface area contributed by atoms with E-state index in [-0.39, 0.29) is 12.1 Å². The first-order chi connectivity index (χ1) is 16.5. The van der Waals surface area contributed by atoms with E-state index in [1.165, 1.54) is 0 Å². The van der Waals surface area contributed by atoms with Crippen LogP contribution in [0.15, 0.2) is 53.9 Å². The van der Waals surface area contributed by atoms with Crippen molar-refractivity contribution in [1.82, 2.24) is 19.3 Å². The average molecular weight is 454 g/mol. The summed E-state index contributed by atoms with van der Waals surface area (Å²) in [4.78, 5) is 15.6. The molecule has 0 aliphatic carbocycles. The minimum atomic E-state index is -0.0982. The molecule has 1 unspecified atom stereocenters. The lowest BCUT2D eigenvalue weighted by atomic mass is 10.0. The maximum Gasteiger partial charge on any atom is 0.179 e. The molecule has 1 aliphatic heterocycles. The van der Waals surface area contributed by atoms with Crippen LogP contribution in [0.3, 0.4) is 0 Å². The number of aliphatic imine (C=N–C) groups is 1. The fourth-order valence-corrected chi connectivity index (χ4v) is 4.25. The molecular weight excluding hydrogens is 426 g/mol. The number of nitriles is 2. The second-order valence-corrected chi connectivity index (χ2v) is 8.31. The van der Waals surface area contributed by atoms with Gasteiger partial charge in [0.1, 0.15) is 23.2 Å². The first-order valence-corrected chi connectivity index (χ1v) is 11.2. The van der Waals surface area contributed by atoms with E-state index in [9.17, 15) is 5.26 Å². The molecule has 0 saturated carbocycles. The number of likely N-dealkylation sites (tertiary alicyclic amines) is 1. The SMILES string of the molecule is CC(=NC1CCN(C#N)CC1)/C(=C\N)c1cc(NC(C)c2ccccn2)n2c(C#N)cnc2c1. The van der Waals surface area contributed by atoms with Crippen LogP contribution >= 0.6 is 0 Å². The summed E-state index contributed by atoms with van der Waals surface area (Å²) in [5.74, 6) is 0.717. The van der Waals surface area contributed by atoms with E-state index in [2.05, 4.69) is 27.5 Å². The Morgan fingerprint density at radius 2 is 2.06 bits per heavy atom. The maximum absolute atomic E-state index is 9.61. The van der Waals surface area contributed by atoms with Crippen molar-refractivity contribution in [3.05, 3.63) is 65.9 Å². The zero-order chi connectivity index (χ0) is 24.1. The second kappa shape index (κ2) is 10.1. The first kappa shape index (κ1) is 22.8. The van der Waals surface area contributed by atoms with E-state index in [4.69, 9.17) is 16.0 Å². The van der Waals surface area contributed by atoms with E-state index in [0.717, 1.165) is 48.5 Å². The van der Waals surface area contributed by atoms with Crippen molar-refractivity contribution in [2.24, 2.45) is 10.7 Å². The molecule has 34 heavy (non-hydrogen) atoms.